The highest BCUT2D eigenvalue weighted by Crippen LogP contribution is 2.31. The SMILES string of the molecule is CCNC(=NCC(c1ccc(Cl)cc1)N(C)C)NCC1CC(=O)Nc2ccccc21. The Bertz CT molecular complexity index is 881. The number of carbonyl (C=O) groups excluding carboxylic acids is 1. The quantitative estimate of drug-likeness (QED) is 0.466. The summed E-state index contributed by atoms with van der Waals surface area (Å²) in [7, 11) is 4.10. The molecular formula is C23H30ClN5O. The van der Waals surface area contributed by atoms with Gasteiger partial charge in [-0.05, 0) is 50.3 Å². The minimum Gasteiger partial charge on any atom is -0.357 e. The normalized spacial score (nSPS) is 17.3. The van der Waals surface area contributed by atoms with Gasteiger partial charge in [-0.2, -0.15) is 0 Å². The first-order chi connectivity index (χ1) is 14.5. The molecule has 1 aliphatic rings. The molecule has 0 saturated heterocycles. The van der Waals surface area contributed by atoms with Gasteiger partial charge in [0.2, 0.25) is 5.91 Å². The van der Waals surface area contributed by atoms with Crippen LogP contribution < -0.4 is 16.0 Å². The van der Waals surface area contributed by atoms with E-state index in [0.29, 0.717) is 19.5 Å². The van der Waals surface area contributed by atoms with Gasteiger partial charge in [0.25, 0.3) is 0 Å². The average Bonchev–Trinajstić information content (AvgIpc) is 2.72. The van der Waals surface area contributed by atoms with Gasteiger partial charge >= 0.3 is 0 Å². The van der Waals surface area contributed by atoms with E-state index in [1.807, 2.05) is 63.5 Å². The van der Waals surface area contributed by atoms with Crippen molar-refractivity contribution in [2.24, 2.45) is 4.99 Å². The van der Waals surface area contributed by atoms with Crippen LogP contribution in [-0.2, 0) is 4.79 Å². The Morgan fingerprint density at radius 2 is 1.93 bits per heavy atom. The molecule has 0 aromatic heterocycles. The van der Waals surface area contributed by atoms with Crippen LogP contribution in [0.1, 0.15) is 36.4 Å². The Morgan fingerprint density at radius 1 is 1.20 bits per heavy atom. The summed E-state index contributed by atoms with van der Waals surface area (Å²) in [5, 5.41) is 10.4. The van der Waals surface area contributed by atoms with Crippen molar-refractivity contribution in [2.45, 2.75) is 25.3 Å². The van der Waals surface area contributed by atoms with Crippen molar-refractivity contribution in [3.63, 3.8) is 0 Å². The summed E-state index contributed by atoms with van der Waals surface area (Å²) < 4.78 is 0. The topological polar surface area (TPSA) is 68.8 Å². The minimum absolute atomic E-state index is 0.0536. The molecule has 1 amide bonds. The molecule has 6 nitrogen and oxygen atoms in total. The van der Waals surface area contributed by atoms with Crippen molar-refractivity contribution >= 4 is 29.2 Å². The number of nitrogens with zero attached hydrogens (tertiary/aromatic N) is 2. The number of anilines is 1. The largest absolute Gasteiger partial charge is 0.357 e. The first kappa shape index (κ1) is 22.1. The zero-order valence-corrected chi connectivity index (χ0v) is 18.5. The van der Waals surface area contributed by atoms with Crippen LogP contribution in [0, 0.1) is 0 Å². The fourth-order valence-corrected chi connectivity index (χ4v) is 3.80. The van der Waals surface area contributed by atoms with E-state index in [0.717, 1.165) is 28.8 Å². The lowest BCUT2D eigenvalue weighted by Crippen LogP contribution is -2.41. The number of halogens is 1. The highest BCUT2D eigenvalue weighted by atomic mass is 35.5. The molecule has 1 heterocycles. The van der Waals surface area contributed by atoms with E-state index >= 15 is 0 Å². The number of guanidine groups is 1. The Morgan fingerprint density at radius 3 is 2.63 bits per heavy atom. The second-order valence-electron chi connectivity index (χ2n) is 7.67. The van der Waals surface area contributed by atoms with E-state index in [2.05, 4.69) is 26.9 Å². The van der Waals surface area contributed by atoms with E-state index in [1.54, 1.807) is 0 Å². The molecule has 2 aromatic carbocycles. The molecule has 0 fully saturated rings. The van der Waals surface area contributed by atoms with Gasteiger partial charge in [0, 0.05) is 36.1 Å². The molecule has 3 N–H and O–H groups in total. The molecule has 2 atom stereocenters. The van der Waals surface area contributed by atoms with Gasteiger partial charge in [-0.1, -0.05) is 41.9 Å². The zero-order valence-electron chi connectivity index (χ0n) is 17.8. The lowest BCUT2D eigenvalue weighted by Gasteiger charge is -2.27. The van der Waals surface area contributed by atoms with Crippen LogP contribution >= 0.6 is 11.6 Å². The number of carbonyl (C=O) groups is 1. The van der Waals surface area contributed by atoms with Gasteiger partial charge in [-0.25, -0.2) is 0 Å². The van der Waals surface area contributed by atoms with E-state index in [1.165, 1.54) is 5.56 Å². The molecule has 0 aliphatic carbocycles. The van der Waals surface area contributed by atoms with Crippen LogP contribution in [0.3, 0.4) is 0 Å². The van der Waals surface area contributed by atoms with Crippen molar-refractivity contribution in [1.29, 1.82) is 0 Å². The number of amides is 1. The summed E-state index contributed by atoms with van der Waals surface area (Å²) >= 11 is 6.04. The summed E-state index contributed by atoms with van der Waals surface area (Å²) in [6.45, 7) is 4.06. The summed E-state index contributed by atoms with van der Waals surface area (Å²) in [6, 6.07) is 16.0. The molecule has 30 heavy (non-hydrogen) atoms. The number of aliphatic imine (C=N–C) groups is 1. The fraction of sp³-hybridized carbons (Fsp3) is 0.391. The molecular weight excluding hydrogens is 398 g/mol. The summed E-state index contributed by atoms with van der Waals surface area (Å²) in [6.07, 6.45) is 0.467. The van der Waals surface area contributed by atoms with Gasteiger partial charge in [-0.15, -0.1) is 0 Å². The van der Waals surface area contributed by atoms with Gasteiger partial charge < -0.3 is 20.9 Å². The van der Waals surface area contributed by atoms with Crippen molar-refractivity contribution < 1.29 is 4.79 Å². The Balaban J connectivity index is 1.70. The average molecular weight is 428 g/mol. The first-order valence-corrected chi connectivity index (χ1v) is 10.7. The van der Waals surface area contributed by atoms with E-state index < -0.39 is 0 Å². The molecule has 0 saturated carbocycles. The smallest absolute Gasteiger partial charge is 0.225 e. The number of rotatable bonds is 7. The number of para-hydroxylation sites is 1. The predicted molar refractivity (Wildman–Crippen MR) is 124 cm³/mol. The van der Waals surface area contributed by atoms with Crippen LogP contribution in [0.25, 0.3) is 0 Å². The lowest BCUT2D eigenvalue weighted by molar-refractivity contribution is -0.116. The molecule has 1 aliphatic heterocycles. The molecule has 0 radical (unpaired) electrons. The molecule has 0 spiro atoms. The third-order valence-electron chi connectivity index (χ3n) is 5.27. The fourth-order valence-electron chi connectivity index (χ4n) is 3.68. The third kappa shape index (κ3) is 5.74. The summed E-state index contributed by atoms with van der Waals surface area (Å²) in [5.74, 6) is 0.916. The second-order valence-corrected chi connectivity index (χ2v) is 8.10. The number of benzene rings is 2. The van der Waals surface area contributed by atoms with Crippen LogP contribution in [0.15, 0.2) is 53.5 Å². The number of hydrogen-bond donors (Lipinski definition) is 3. The monoisotopic (exact) mass is 427 g/mol. The number of likely N-dealkylation sites (N-methyl/N-ethyl adjacent to an activating group) is 1. The van der Waals surface area contributed by atoms with Crippen LogP contribution in [0.5, 0.6) is 0 Å². The highest BCUT2D eigenvalue weighted by Gasteiger charge is 2.24. The van der Waals surface area contributed by atoms with E-state index in [9.17, 15) is 4.79 Å². The van der Waals surface area contributed by atoms with E-state index in [4.69, 9.17) is 16.6 Å². The Hall–Kier alpha value is -2.57. The van der Waals surface area contributed by atoms with Crippen LogP contribution in [0.2, 0.25) is 5.02 Å². The summed E-state index contributed by atoms with van der Waals surface area (Å²) in [5.41, 5.74) is 3.23. The number of nitrogens with one attached hydrogen (secondary N) is 3. The van der Waals surface area contributed by atoms with Crippen molar-refractivity contribution in [1.82, 2.24) is 15.5 Å². The molecule has 2 aromatic rings. The summed E-state index contributed by atoms with van der Waals surface area (Å²) in [4.78, 5) is 19.0. The minimum atomic E-state index is 0.0536. The van der Waals surface area contributed by atoms with Crippen LogP contribution in [-0.4, -0.2) is 50.5 Å². The third-order valence-corrected chi connectivity index (χ3v) is 5.52. The molecule has 7 heteroatoms. The second kappa shape index (κ2) is 10.5. The van der Waals surface area contributed by atoms with Gasteiger partial charge in [0.1, 0.15) is 0 Å². The predicted octanol–water partition coefficient (Wildman–Crippen LogP) is 3.62. The Kier molecular flexibility index (Phi) is 7.71. The number of hydrogen-bond acceptors (Lipinski definition) is 3. The van der Waals surface area contributed by atoms with Gasteiger partial charge in [0.05, 0.1) is 12.6 Å². The molecule has 2 unspecified atom stereocenters. The van der Waals surface area contributed by atoms with Gasteiger partial charge in [0.15, 0.2) is 5.96 Å². The lowest BCUT2D eigenvalue weighted by atomic mass is 9.90. The maximum atomic E-state index is 12.1. The van der Waals surface area contributed by atoms with Crippen molar-refractivity contribution in [3.05, 3.63) is 64.7 Å². The van der Waals surface area contributed by atoms with Crippen molar-refractivity contribution in [2.75, 3.05) is 39.0 Å². The highest BCUT2D eigenvalue weighted by molar-refractivity contribution is 6.30. The van der Waals surface area contributed by atoms with Gasteiger partial charge in [-0.3, -0.25) is 9.79 Å². The van der Waals surface area contributed by atoms with Crippen molar-refractivity contribution in [3.8, 4) is 0 Å². The Labute approximate surface area is 183 Å². The molecule has 3 rings (SSSR count). The first-order valence-electron chi connectivity index (χ1n) is 10.3. The number of fused-ring (bicyclic) bond motifs is 1. The zero-order chi connectivity index (χ0) is 21.5. The molecule has 0 bridgehead atoms. The maximum absolute atomic E-state index is 12.1. The standard InChI is InChI=1S/C23H30ClN5O/c1-4-25-23(27-15-21(29(2)3)16-9-11-18(24)12-10-16)26-14-17-13-22(30)28-20-8-6-5-7-19(17)20/h5-12,17,21H,4,13-15H2,1-3H3,(H,28,30)(H2,25,26,27). The van der Waals surface area contributed by atoms with Crippen LogP contribution in [0.4, 0.5) is 5.69 Å². The van der Waals surface area contributed by atoms with E-state index in [-0.39, 0.29) is 17.9 Å². The molecule has 160 valence electrons. The maximum Gasteiger partial charge on any atom is 0.225 e.